The quantitative estimate of drug-likeness (QED) is 0.270. The van der Waals surface area contributed by atoms with E-state index >= 15 is 0 Å². The minimum Gasteiger partial charge on any atom is -0.395 e. The van der Waals surface area contributed by atoms with Crippen molar-refractivity contribution in [2.45, 2.75) is 30.4 Å². The van der Waals surface area contributed by atoms with Crippen LogP contribution in [0.2, 0.25) is 0 Å². The average Bonchev–Trinajstić information content (AvgIpc) is 2.15. The predicted octanol–water partition coefficient (Wildman–Crippen LogP) is -3.61. The Kier molecular flexibility index (Phi) is 3.60. The molecule has 0 bridgehead atoms. The lowest BCUT2D eigenvalue weighted by atomic mass is 9.91. The van der Waals surface area contributed by atoms with E-state index in [1.54, 1.807) is 0 Å². The molecule has 5 atom stereocenters. The highest BCUT2D eigenvalue weighted by molar-refractivity contribution is 4.97. The van der Waals surface area contributed by atoms with Gasteiger partial charge in [0.1, 0.15) is 6.10 Å². The van der Waals surface area contributed by atoms with Crippen LogP contribution >= 0.6 is 0 Å². The molecular formula is C7H15NO5. The Balaban J connectivity index is 2.66. The Morgan fingerprint density at radius 1 is 0.769 bits per heavy atom. The molecule has 1 saturated heterocycles. The molecule has 0 radical (unpaired) electrons. The van der Waals surface area contributed by atoms with Gasteiger partial charge in [-0.05, 0) is 0 Å². The van der Waals surface area contributed by atoms with Crippen molar-refractivity contribution in [3.63, 3.8) is 0 Å². The van der Waals surface area contributed by atoms with Crippen molar-refractivity contribution in [3.05, 3.63) is 0 Å². The van der Waals surface area contributed by atoms with Gasteiger partial charge in [-0.3, -0.25) is 0 Å². The van der Waals surface area contributed by atoms with E-state index in [-0.39, 0.29) is 13.2 Å². The fourth-order valence-electron chi connectivity index (χ4n) is 1.47. The molecule has 1 aliphatic rings. The van der Waals surface area contributed by atoms with Crippen LogP contribution in [0.15, 0.2) is 0 Å². The van der Waals surface area contributed by atoms with Gasteiger partial charge in [-0.2, -0.15) is 0 Å². The normalized spacial score (nSPS) is 46.4. The first-order chi connectivity index (χ1) is 6.11. The molecule has 1 fully saturated rings. The largest absolute Gasteiger partial charge is 0.395 e. The first-order valence-corrected chi connectivity index (χ1v) is 4.13. The van der Waals surface area contributed by atoms with Crippen LogP contribution in [0.25, 0.3) is 0 Å². The van der Waals surface area contributed by atoms with E-state index in [0.29, 0.717) is 0 Å². The zero-order valence-electron chi connectivity index (χ0n) is 7.04. The van der Waals surface area contributed by atoms with Crippen LogP contribution in [0.4, 0.5) is 0 Å². The lowest BCUT2D eigenvalue weighted by Gasteiger charge is -2.40. The van der Waals surface area contributed by atoms with E-state index in [2.05, 4.69) is 5.32 Å². The Hall–Kier alpha value is -0.240. The van der Waals surface area contributed by atoms with Gasteiger partial charge in [-0.15, -0.1) is 0 Å². The van der Waals surface area contributed by atoms with Crippen LogP contribution in [0.3, 0.4) is 0 Å². The Morgan fingerprint density at radius 3 is 1.46 bits per heavy atom. The zero-order valence-corrected chi connectivity index (χ0v) is 7.04. The summed E-state index contributed by atoms with van der Waals surface area (Å²) in [5.41, 5.74) is 0. The number of aliphatic hydroxyl groups excluding tert-OH is 5. The van der Waals surface area contributed by atoms with E-state index in [4.69, 9.17) is 10.2 Å². The first-order valence-electron chi connectivity index (χ1n) is 4.13. The highest BCUT2D eigenvalue weighted by atomic mass is 16.4. The van der Waals surface area contributed by atoms with E-state index in [1.165, 1.54) is 0 Å². The van der Waals surface area contributed by atoms with E-state index in [1.807, 2.05) is 0 Å². The van der Waals surface area contributed by atoms with E-state index < -0.39 is 30.4 Å². The molecule has 0 saturated carbocycles. The maximum Gasteiger partial charge on any atom is 0.109 e. The summed E-state index contributed by atoms with van der Waals surface area (Å²) < 4.78 is 0. The summed E-state index contributed by atoms with van der Waals surface area (Å²) in [4.78, 5) is 0. The van der Waals surface area contributed by atoms with E-state index in [9.17, 15) is 15.3 Å². The lowest BCUT2D eigenvalue weighted by Crippen LogP contribution is -2.66. The van der Waals surface area contributed by atoms with Crippen LogP contribution in [-0.2, 0) is 0 Å². The highest BCUT2D eigenvalue weighted by Gasteiger charge is 2.41. The molecule has 2 unspecified atom stereocenters. The topological polar surface area (TPSA) is 113 Å². The molecule has 6 N–H and O–H groups in total. The molecule has 0 aliphatic carbocycles. The number of hydrogen-bond donors (Lipinski definition) is 6. The van der Waals surface area contributed by atoms with Crippen molar-refractivity contribution in [1.82, 2.24) is 5.32 Å². The van der Waals surface area contributed by atoms with E-state index in [0.717, 1.165) is 0 Å². The summed E-state index contributed by atoms with van der Waals surface area (Å²) >= 11 is 0. The average molecular weight is 193 g/mol. The van der Waals surface area contributed by atoms with Crippen molar-refractivity contribution in [2.75, 3.05) is 13.2 Å². The molecule has 6 heteroatoms. The van der Waals surface area contributed by atoms with Crippen molar-refractivity contribution < 1.29 is 25.5 Å². The number of piperidine rings is 1. The number of rotatable bonds is 2. The second-order valence-corrected chi connectivity index (χ2v) is 3.22. The molecule has 13 heavy (non-hydrogen) atoms. The SMILES string of the molecule is OCC1N[C@H](CO)C(O)[C@H](O)[C@@H]1O. The molecular weight excluding hydrogens is 178 g/mol. The fraction of sp³-hybridized carbons (Fsp3) is 1.00. The lowest BCUT2D eigenvalue weighted by molar-refractivity contribution is -0.125. The first kappa shape index (κ1) is 10.8. The number of hydrogen-bond acceptors (Lipinski definition) is 6. The zero-order chi connectivity index (χ0) is 10.0. The molecule has 0 spiro atoms. The van der Waals surface area contributed by atoms with Gasteiger partial charge < -0.3 is 30.8 Å². The van der Waals surface area contributed by atoms with Crippen molar-refractivity contribution in [1.29, 1.82) is 0 Å². The summed E-state index contributed by atoms with van der Waals surface area (Å²) in [6.07, 6.45) is -3.78. The van der Waals surface area contributed by atoms with Gasteiger partial charge in [0, 0.05) is 0 Å². The molecule has 0 aromatic heterocycles. The Bertz CT molecular complexity index is 147. The van der Waals surface area contributed by atoms with Crippen LogP contribution in [0, 0.1) is 0 Å². The number of nitrogens with one attached hydrogen (secondary N) is 1. The Labute approximate surface area is 75.4 Å². The van der Waals surface area contributed by atoms with Crippen molar-refractivity contribution in [2.24, 2.45) is 0 Å². The molecule has 1 rings (SSSR count). The van der Waals surface area contributed by atoms with Crippen LogP contribution in [0.1, 0.15) is 0 Å². The second kappa shape index (κ2) is 4.32. The van der Waals surface area contributed by atoms with Crippen LogP contribution < -0.4 is 5.32 Å². The van der Waals surface area contributed by atoms with Gasteiger partial charge in [-0.25, -0.2) is 0 Å². The molecule has 1 aliphatic heterocycles. The third-order valence-corrected chi connectivity index (χ3v) is 2.35. The summed E-state index contributed by atoms with van der Waals surface area (Å²) in [6.45, 7) is -0.719. The summed E-state index contributed by atoms with van der Waals surface area (Å²) in [7, 11) is 0. The van der Waals surface area contributed by atoms with Gasteiger partial charge in [0.05, 0.1) is 37.5 Å². The second-order valence-electron chi connectivity index (χ2n) is 3.22. The van der Waals surface area contributed by atoms with Gasteiger partial charge in [0.15, 0.2) is 0 Å². The van der Waals surface area contributed by atoms with Gasteiger partial charge in [0.2, 0.25) is 0 Å². The molecule has 0 aromatic carbocycles. The molecule has 78 valence electrons. The standard InChI is InChI=1S/C7H15NO5/c9-1-3-5(11)7(13)6(12)4(2-10)8-3/h3-13H,1-2H2/t3-,4?,5?,6-,7+/m1/s1. The molecule has 0 aromatic rings. The van der Waals surface area contributed by atoms with Gasteiger partial charge >= 0.3 is 0 Å². The maximum absolute atomic E-state index is 9.31. The summed E-state index contributed by atoms with van der Waals surface area (Å²) in [6, 6.07) is -1.42. The third kappa shape index (κ3) is 1.98. The minimum absolute atomic E-state index is 0.360. The van der Waals surface area contributed by atoms with Crippen LogP contribution in [0.5, 0.6) is 0 Å². The predicted molar refractivity (Wildman–Crippen MR) is 42.9 cm³/mol. The van der Waals surface area contributed by atoms with Crippen LogP contribution in [-0.4, -0.2) is 69.1 Å². The summed E-state index contributed by atoms with van der Waals surface area (Å²) in [5, 5.41) is 48.1. The van der Waals surface area contributed by atoms with Crippen molar-refractivity contribution >= 4 is 0 Å². The monoisotopic (exact) mass is 193 g/mol. The van der Waals surface area contributed by atoms with Crippen molar-refractivity contribution in [3.8, 4) is 0 Å². The maximum atomic E-state index is 9.31. The smallest absolute Gasteiger partial charge is 0.109 e. The third-order valence-electron chi connectivity index (χ3n) is 2.35. The fourth-order valence-corrected chi connectivity index (χ4v) is 1.47. The Morgan fingerprint density at radius 2 is 1.15 bits per heavy atom. The minimum atomic E-state index is -1.34. The van der Waals surface area contributed by atoms with Gasteiger partial charge in [-0.1, -0.05) is 0 Å². The molecule has 6 nitrogen and oxygen atoms in total. The summed E-state index contributed by atoms with van der Waals surface area (Å²) in [5.74, 6) is 0. The molecule has 0 amide bonds. The molecule has 1 heterocycles. The number of aliphatic hydroxyl groups is 5. The highest BCUT2D eigenvalue weighted by Crippen LogP contribution is 2.14. The van der Waals surface area contributed by atoms with Gasteiger partial charge in [0.25, 0.3) is 0 Å².